The first-order chi connectivity index (χ1) is 14.1. The third-order valence-corrected chi connectivity index (χ3v) is 4.51. The largest absolute Gasteiger partial charge is 0.494 e. The summed E-state index contributed by atoms with van der Waals surface area (Å²) in [7, 11) is 0. The second-order valence-electron chi connectivity index (χ2n) is 6.14. The van der Waals surface area contributed by atoms with Crippen molar-refractivity contribution in [3.8, 4) is 11.5 Å². The van der Waals surface area contributed by atoms with Crippen LogP contribution in [0.5, 0.6) is 11.5 Å². The molecule has 3 rings (SSSR count). The molecule has 0 atom stereocenters. The Kier molecular flexibility index (Phi) is 7.41. The molecule has 0 aliphatic rings. The third kappa shape index (κ3) is 6.47. The zero-order valence-corrected chi connectivity index (χ0v) is 17.6. The standard InChI is InChI=1S/C23H21BrN2O3/c1-2-28-21-12-8-19(9-13-21)23(27)26-25-15-18-4-3-5-22(14-18)29-16-17-6-10-20(24)11-7-17/h3-15H,2,16H2,1H3,(H,26,27)/b25-15+. The average molecular weight is 453 g/mol. The SMILES string of the molecule is CCOc1ccc(C(=O)N/N=C/c2cccc(OCc3ccc(Br)cc3)c2)cc1. The number of halogens is 1. The number of ether oxygens (including phenoxy) is 2. The van der Waals surface area contributed by atoms with Crippen LogP contribution in [0.15, 0.2) is 82.4 Å². The van der Waals surface area contributed by atoms with E-state index in [1.165, 1.54) is 0 Å². The summed E-state index contributed by atoms with van der Waals surface area (Å²) in [5.74, 6) is 1.18. The summed E-state index contributed by atoms with van der Waals surface area (Å²) in [6.07, 6.45) is 1.58. The van der Waals surface area contributed by atoms with Gasteiger partial charge in [0.25, 0.3) is 5.91 Å². The molecule has 0 saturated heterocycles. The van der Waals surface area contributed by atoms with Crippen LogP contribution in [0.1, 0.15) is 28.4 Å². The number of carbonyl (C=O) groups is 1. The Balaban J connectivity index is 1.54. The molecule has 148 valence electrons. The molecule has 0 spiro atoms. The van der Waals surface area contributed by atoms with Gasteiger partial charge in [0.15, 0.2) is 0 Å². The van der Waals surface area contributed by atoms with Gasteiger partial charge in [-0.1, -0.05) is 40.2 Å². The van der Waals surface area contributed by atoms with Crippen LogP contribution in [0.2, 0.25) is 0 Å². The fourth-order valence-electron chi connectivity index (χ4n) is 2.53. The quantitative estimate of drug-likeness (QED) is 0.377. The fourth-order valence-corrected chi connectivity index (χ4v) is 2.80. The first-order valence-corrected chi connectivity index (χ1v) is 9.97. The minimum absolute atomic E-state index is 0.285. The van der Waals surface area contributed by atoms with Crippen LogP contribution in [0.4, 0.5) is 0 Å². The van der Waals surface area contributed by atoms with Crippen LogP contribution in [-0.2, 0) is 6.61 Å². The highest BCUT2D eigenvalue weighted by Gasteiger charge is 2.04. The number of benzene rings is 3. The molecule has 0 saturated carbocycles. The molecule has 1 amide bonds. The molecule has 0 unspecified atom stereocenters. The smallest absolute Gasteiger partial charge is 0.271 e. The van der Waals surface area contributed by atoms with Crippen LogP contribution in [-0.4, -0.2) is 18.7 Å². The molecule has 6 heteroatoms. The molecule has 0 aliphatic heterocycles. The molecule has 0 radical (unpaired) electrons. The molecule has 0 aromatic heterocycles. The van der Waals surface area contributed by atoms with E-state index < -0.39 is 0 Å². The first kappa shape index (κ1) is 20.6. The summed E-state index contributed by atoms with van der Waals surface area (Å²) in [5, 5.41) is 4.03. The van der Waals surface area contributed by atoms with Crippen molar-refractivity contribution in [2.75, 3.05) is 6.61 Å². The van der Waals surface area contributed by atoms with Crippen LogP contribution < -0.4 is 14.9 Å². The zero-order chi connectivity index (χ0) is 20.5. The highest BCUT2D eigenvalue weighted by Crippen LogP contribution is 2.16. The molecule has 0 fully saturated rings. The number of hydrogen-bond acceptors (Lipinski definition) is 4. The Morgan fingerprint density at radius 3 is 2.48 bits per heavy atom. The fraction of sp³-hybridized carbons (Fsp3) is 0.130. The molecule has 5 nitrogen and oxygen atoms in total. The van der Waals surface area contributed by atoms with Gasteiger partial charge in [-0.3, -0.25) is 4.79 Å². The second-order valence-corrected chi connectivity index (χ2v) is 7.06. The summed E-state index contributed by atoms with van der Waals surface area (Å²) in [5.41, 5.74) is 4.94. The summed E-state index contributed by atoms with van der Waals surface area (Å²) in [6, 6.07) is 22.4. The number of hydrazone groups is 1. The molecule has 0 aliphatic carbocycles. The van der Waals surface area contributed by atoms with Crippen LogP contribution in [0.25, 0.3) is 0 Å². The molecule has 0 heterocycles. The Labute approximate surface area is 178 Å². The first-order valence-electron chi connectivity index (χ1n) is 9.17. The maximum atomic E-state index is 12.2. The lowest BCUT2D eigenvalue weighted by Crippen LogP contribution is -2.17. The number of hydrogen-bond donors (Lipinski definition) is 1. The minimum atomic E-state index is -0.285. The van der Waals surface area contributed by atoms with Gasteiger partial charge in [-0.2, -0.15) is 5.10 Å². The highest BCUT2D eigenvalue weighted by molar-refractivity contribution is 9.10. The maximum Gasteiger partial charge on any atom is 0.271 e. The molecule has 0 bridgehead atoms. The molecule has 3 aromatic rings. The monoisotopic (exact) mass is 452 g/mol. The molecule has 29 heavy (non-hydrogen) atoms. The number of carbonyl (C=O) groups excluding carboxylic acids is 1. The van der Waals surface area contributed by atoms with E-state index in [-0.39, 0.29) is 5.91 Å². The van der Waals surface area contributed by atoms with Gasteiger partial charge in [-0.25, -0.2) is 5.43 Å². The topological polar surface area (TPSA) is 59.9 Å². The van der Waals surface area contributed by atoms with Crippen LogP contribution in [0, 0.1) is 0 Å². The maximum absolute atomic E-state index is 12.2. The van der Waals surface area contributed by atoms with E-state index >= 15 is 0 Å². The number of amides is 1. The van der Waals surface area contributed by atoms with Crippen molar-refractivity contribution in [3.05, 3.63) is 94.0 Å². The van der Waals surface area contributed by atoms with E-state index in [2.05, 4.69) is 26.5 Å². The van der Waals surface area contributed by atoms with Gasteiger partial charge in [0.2, 0.25) is 0 Å². The van der Waals surface area contributed by atoms with Gasteiger partial charge < -0.3 is 9.47 Å². The van der Waals surface area contributed by atoms with Gasteiger partial charge in [-0.05, 0) is 66.6 Å². The summed E-state index contributed by atoms with van der Waals surface area (Å²) >= 11 is 3.42. The van der Waals surface area contributed by atoms with Crippen molar-refractivity contribution >= 4 is 28.1 Å². The van der Waals surface area contributed by atoms with Gasteiger partial charge in [0, 0.05) is 10.0 Å². The number of nitrogens with zero attached hydrogens (tertiary/aromatic N) is 1. The highest BCUT2D eigenvalue weighted by atomic mass is 79.9. The van der Waals surface area contributed by atoms with Crippen molar-refractivity contribution in [1.82, 2.24) is 5.43 Å². The van der Waals surface area contributed by atoms with Gasteiger partial charge in [0.1, 0.15) is 18.1 Å². The van der Waals surface area contributed by atoms with E-state index in [4.69, 9.17) is 9.47 Å². The minimum Gasteiger partial charge on any atom is -0.494 e. The van der Waals surface area contributed by atoms with E-state index in [0.29, 0.717) is 18.8 Å². The third-order valence-electron chi connectivity index (χ3n) is 3.98. The number of nitrogens with one attached hydrogen (secondary N) is 1. The average Bonchev–Trinajstić information content (AvgIpc) is 2.74. The normalized spacial score (nSPS) is 10.7. The lowest BCUT2D eigenvalue weighted by Gasteiger charge is -2.07. The Morgan fingerprint density at radius 1 is 1.00 bits per heavy atom. The lowest BCUT2D eigenvalue weighted by molar-refractivity contribution is 0.0955. The van der Waals surface area contributed by atoms with Crippen LogP contribution in [0.3, 0.4) is 0 Å². The summed E-state index contributed by atoms with van der Waals surface area (Å²) < 4.78 is 12.2. The van der Waals surface area contributed by atoms with Crippen LogP contribution >= 0.6 is 15.9 Å². The molecule has 3 aromatic carbocycles. The zero-order valence-electron chi connectivity index (χ0n) is 16.0. The Morgan fingerprint density at radius 2 is 1.76 bits per heavy atom. The van der Waals surface area contributed by atoms with Crippen molar-refractivity contribution in [2.45, 2.75) is 13.5 Å². The van der Waals surface area contributed by atoms with E-state index in [1.807, 2.05) is 55.5 Å². The Bertz CT molecular complexity index is 970. The summed E-state index contributed by atoms with van der Waals surface area (Å²) in [4.78, 5) is 12.2. The van der Waals surface area contributed by atoms with Crippen molar-refractivity contribution in [3.63, 3.8) is 0 Å². The predicted octanol–water partition coefficient (Wildman–Crippen LogP) is 5.19. The summed E-state index contributed by atoms with van der Waals surface area (Å²) in [6.45, 7) is 2.97. The van der Waals surface area contributed by atoms with E-state index in [9.17, 15) is 4.79 Å². The molecule has 1 N–H and O–H groups in total. The van der Waals surface area contributed by atoms with E-state index in [0.717, 1.165) is 27.1 Å². The van der Waals surface area contributed by atoms with Gasteiger partial charge in [0.05, 0.1) is 12.8 Å². The van der Waals surface area contributed by atoms with Crippen molar-refractivity contribution in [1.29, 1.82) is 0 Å². The lowest BCUT2D eigenvalue weighted by atomic mass is 10.2. The van der Waals surface area contributed by atoms with Crippen molar-refractivity contribution in [2.24, 2.45) is 5.10 Å². The number of rotatable bonds is 8. The van der Waals surface area contributed by atoms with Crippen molar-refractivity contribution < 1.29 is 14.3 Å². The van der Waals surface area contributed by atoms with Gasteiger partial charge >= 0.3 is 0 Å². The van der Waals surface area contributed by atoms with E-state index in [1.54, 1.807) is 30.5 Å². The molecular formula is C23H21BrN2O3. The van der Waals surface area contributed by atoms with Gasteiger partial charge in [-0.15, -0.1) is 0 Å². The second kappa shape index (κ2) is 10.4. The Hall–Kier alpha value is -3.12. The predicted molar refractivity (Wildman–Crippen MR) is 118 cm³/mol. The molecular weight excluding hydrogens is 432 g/mol.